The first-order chi connectivity index (χ1) is 9.67. The number of nitrogens with zero attached hydrogens (tertiary/aromatic N) is 1. The second-order valence-corrected chi connectivity index (χ2v) is 5.39. The van der Waals surface area contributed by atoms with Crippen LogP contribution in [0.4, 0.5) is 0 Å². The van der Waals surface area contributed by atoms with Gasteiger partial charge in [0, 0.05) is 17.7 Å². The highest BCUT2D eigenvalue weighted by atomic mass is 16.1. The Balaban J connectivity index is 2.54. The summed E-state index contributed by atoms with van der Waals surface area (Å²) in [6.07, 6.45) is 4.02. The first-order valence-corrected chi connectivity index (χ1v) is 7.56. The van der Waals surface area contributed by atoms with Crippen molar-refractivity contribution in [2.24, 2.45) is 0 Å². The molecule has 3 heteroatoms. The topological polar surface area (TPSA) is 37.8 Å². The van der Waals surface area contributed by atoms with Crippen LogP contribution in [0.25, 0.3) is 11.3 Å². The number of aryl methyl sites for hydroxylation is 2. The molecule has 0 bridgehead atoms. The number of hydrogen-bond acceptors (Lipinski definition) is 1. The molecule has 0 aliphatic rings. The molecule has 1 aromatic heterocycles. The van der Waals surface area contributed by atoms with Gasteiger partial charge in [0.15, 0.2) is 0 Å². The molecule has 0 atom stereocenters. The predicted molar refractivity (Wildman–Crippen MR) is 84.1 cm³/mol. The molecule has 1 heterocycles. The van der Waals surface area contributed by atoms with Crippen molar-refractivity contribution in [1.29, 1.82) is 0 Å². The van der Waals surface area contributed by atoms with Crippen LogP contribution in [0.5, 0.6) is 0 Å². The summed E-state index contributed by atoms with van der Waals surface area (Å²) >= 11 is 0. The fourth-order valence-electron chi connectivity index (χ4n) is 2.60. The molecule has 1 N–H and O–H groups in total. The van der Waals surface area contributed by atoms with E-state index in [1.54, 1.807) is 0 Å². The van der Waals surface area contributed by atoms with Crippen molar-refractivity contribution < 1.29 is 0 Å². The van der Waals surface area contributed by atoms with Gasteiger partial charge >= 0.3 is 0 Å². The van der Waals surface area contributed by atoms with E-state index in [0.29, 0.717) is 0 Å². The average molecular weight is 272 g/mol. The van der Waals surface area contributed by atoms with E-state index in [2.05, 4.69) is 50.1 Å². The van der Waals surface area contributed by atoms with Crippen molar-refractivity contribution in [3.05, 3.63) is 45.7 Å². The molecule has 0 fully saturated rings. The fourth-order valence-corrected chi connectivity index (χ4v) is 2.60. The van der Waals surface area contributed by atoms with Crippen LogP contribution < -0.4 is 5.56 Å². The van der Waals surface area contributed by atoms with E-state index >= 15 is 0 Å². The first kappa shape index (κ1) is 14.6. The summed E-state index contributed by atoms with van der Waals surface area (Å²) < 4.78 is 2.03. The minimum Gasteiger partial charge on any atom is -0.284 e. The van der Waals surface area contributed by atoms with Crippen molar-refractivity contribution in [3.8, 4) is 11.3 Å². The highest BCUT2D eigenvalue weighted by Gasteiger charge is 2.15. The van der Waals surface area contributed by atoms with Gasteiger partial charge in [-0.3, -0.25) is 14.6 Å². The minimum absolute atomic E-state index is 0.0689. The molecular weight excluding hydrogens is 248 g/mol. The summed E-state index contributed by atoms with van der Waals surface area (Å²) in [6, 6.07) is 8.40. The van der Waals surface area contributed by atoms with Gasteiger partial charge in [-0.05, 0) is 25.8 Å². The number of benzene rings is 1. The Morgan fingerprint density at radius 3 is 2.65 bits per heavy atom. The molecule has 1 aromatic carbocycles. The Hall–Kier alpha value is -1.77. The van der Waals surface area contributed by atoms with Gasteiger partial charge in [-0.15, -0.1) is 0 Å². The summed E-state index contributed by atoms with van der Waals surface area (Å²) in [7, 11) is 0. The standard InChI is InChI=1S/C17H24N2O/c1-4-6-11-19-16(14-10-7-9-13(3)12-14)15(8-5-2)17(20)18-19/h7,9-10,12H,4-6,8,11H2,1-3H3,(H,18,20). The third-order valence-corrected chi connectivity index (χ3v) is 3.59. The van der Waals surface area contributed by atoms with Crippen molar-refractivity contribution in [3.63, 3.8) is 0 Å². The Morgan fingerprint density at radius 1 is 1.20 bits per heavy atom. The maximum Gasteiger partial charge on any atom is 0.267 e. The van der Waals surface area contributed by atoms with Gasteiger partial charge in [-0.1, -0.05) is 50.5 Å². The summed E-state index contributed by atoms with van der Waals surface area (Å²) in [5, 5.41) is 3.01. The Morgan fingerprint density at radius 2 is 2.00 bits per heavy atom. The van der Waals surface area contributed by atoms with Crippen LogP contribution in [0.3, 0.4) is 0 Å². The summed E-state index contributed by atoms with van der Waals surface area (Å²) in [5.74, 6) is 0. The lowest BCUT2D eigenvalue weighted by Crippen LogP contribution is -2.08. The molecule has 108 valence electrons. The van der Waals surface area contributed by atoms with Crippen molar-refractivity contribution in [2.45, 2.75) is 53.0 Å². The van der Waals surface area contributed by atoms with Crippen molar-refractivity contribution in [1.82, 2.24) is 9.78 Å². The largest absolute Gasteiger partial charge is 0.284 e. The molecule has 0 unspecified atom stereocenters. The van der Waals surface area contributed by atoms with Crippen molar-refractivity contribution >= 4 is 0 Å². The van der Waals surface area contributed by atoms with E-state index in [9.17, 15) is 4.79 Å². The van der Waals surface area contributed by atoms with Gasteiger partial charge in [-0.25, -0.2) is 0 Å². The number of rotatable bonds is 6. The molecule has 0 saturated heterocycles. The van der Waals surface area contributed by atoms with E-state index in [1.807, 2.05) is 4.68 Å². The summed E-state index contributed by atoms with van der Waals surface area (Å²) in [6.45, 7) is 7.24. The lowest BCUT2D eigenvalue weighted by Gasteiger charge is -2.10. The van der Waals surface area contributed by atoms with Crippen LogP contribution >= 0.6 is 0 Å². The Labute approximate surface area is 120 Å². The summed E-state index contributed by atoms with van der Waals surface area (Å²) in [5.41, 5.74) is 4.44. The lowest BCUT2D eigenvalue weighted by atomic mass is 10.0. The number of H-pyrrole nitrogens is 1. The quantitative estimate of drug-likeness (QED) is 0.850. The highest BCUT2D eigenvalue weighted by Crippen LogP contribution is 2.24. The Kier molecular flexibility index (Phi) is 4.83. The van der Waals surface area contributed by atoms with Gasteiger partial charge in [0.2, 0.25) is 0 Å². The molecular formula is C17H24N2O. The zero-order chi connectivity index (χ0) is 14.5. The monoisotopic (exact) mass is 272 g/mol. The Bertz CT molecular complexity index is 622. The van der Waals surface area contributed by atoms with E-state index in [0.717, 1.165) is 49.0 Å². The van der Waals surface area contributed by atoms with Crippen LogP contribution in [0.1, 0.15) is 44.2 Å². The van der Waals surface area contributed by atoms with Crippen molar-refractivity contribution in [2.75, 3.05) is 0 Å². The SMILES string of the molecule is CCCCn1[nH]c(=O)c(CCC)c1-c1cccc(C)c1. The zero-order valence-electron chi connectivity index (χ0n) is 12.7. The lowest BCUT2D eigenvalue weighted by molar-refractivity contribution is 0.573. The molecule has 0 radical (unpaired) electrons. The number of unbranched alkanes of at least 4 members (excludes halogenated alkanes) is 1. The van der Waals surface area contributed by atoms with E-state index in [1.165, 1.54) is 5.56 Å². The first-order valence-electron chi connectivity index (χ1n) is 7.56. The number of aromatic amines is 1. The zero-order valence-corrected chi connectivity index (χ0v) is 12.7. The highest BCUT2D eigenvalue weighted by molar-refractivity contribution is 5.64. The second-order valence-electron chi connectivity index (χ2n) is 5.39. The van der Waals surface area contributed by atoms with Crippen LogP contribution in [-0.2, 0) is 13.0 Å². The third kappa shape index (κ3) is 3.03. The van der Waals surface area contributed by atoms with Gasteiger partial charge < -0.3 is 0 Å². The molecule has 2 aromatic rings. The molecule has 0 spiro atoms. The predicted octanol–water partition coefficient (Wildman–Crippen LogP) is 3.90. The fraction of sp³-hybridized carbons (Fsp3) is 0.471. The smallest absolute Gasteiger partial charge is 0.267 e. The molecule has 3 nitrogen and oxygen atoms in total. The second kappa shape index (κ2) is 6.60. The normalized spacial score (nSPS) is 10.9. The third-order valence-electron chi connectivity index (χ3n) is 3.59. The van der Waals surface area contributed by atoms with E-state index in [-0.39, 0.29) is 5.56 Å². The molecule has 20 heavy (non-hydrogen) atoms. The summed E-state index contributed by atoms with van der Waals surface area (Å²) in [4.78, 5) is 12.2. The van der Waals surface area contributed by atoms with Crippen LogP contribution in [-0.4, -0.2) is 9.78 Å². The maximum atomic E-state index is 12.2. The van der Waals surface area contributed by atoms with Gasteiger partial charge in [0.05, 0.1) is 5.69 Å². The van der Waals surface area contributed by atoms with Gasteiger partial charge in [0.1, 0.15) is 0 Å². The molecule has 0 aliphatic carbocycles. The number of aromatic nitrogens is 2. The molecule has 2 rings (SSSR count). The molecule has 0 amide bonds. The average Bonchev–Trinajstić information content (AvgIpc) is 2.73. The number of hydrogen-bond donors (Lipinski definition) is 1. The van der Waals surface area contributed by atoms with E-state index in [4.69, 9.17) is 0 Å². The van der Waals surface area contributed by atoms with Crippen LogP contribution in [0.15, 0.2) is 29.1 Å². The number of nitrogens with one attached hydrogen (secondary N) is 1. The van der Waals surface area contributed by atoms with E-state index < -0.39 is 0 Å². The van der Waals surface area contributed by atoms with Gasteiger partial charge in [-0.2, -0.15) is 0 Å². The van der Waals surface area contributed by atoms with Crippen LogP contribution in [0.2, 0.25) is 0 Å². The molecule has 0 saturated carbocycles. The van der Waals surface area contributed by atoms with Crippen LogP contribution in [0, 0.1) is 6.92 Å². The minimum atomic E-state index is 0.0689. The van der Waals surface area contributed by atoms with Gasteiger partial charge in [0.25, 0.3) is 5.56 Å². The molecule has 0 aliphatic heterocycles. The maximum absolute atomic E-state index is 12.2.